The summed E-state index contributed by atoms with van der Waals surface area (Å²) in [5.74, 6) is 1.16. The number of hydrogen-bond acceptors (Lipinski definition) is 6. The highest BCUT2D eigenvalue weighted by Crippen LogP contribution is 2.26. The molecule has 0 bridgehead atoms. The third kappa shape index (κ3) is 4.37. The van der Waals surface area contributed by atoms with Crippen LogP contribution in [0.3, 0.4) is 0 Å². The number of ether oxygens (including phenoxy) is 2. The predicted molar refractivity (Wildman–Crippen MR) is 123 cm³/mol. The highest BCUT2D eigenvalue weighted by Gasteiger charge is 2.31. The van der Waals surface area contributed by atoms with Crippen LogP contribution in [-0.2, 0) is 4.79 Å². The van der Waals surface area contributed by atoms with E-state index < -0.39 is 0 Å². The van der Waals surface area contributed by atoms with E-state index in [1.807, 2.05) is 54.6 Å². The molecular formula is C25H21N3O4. The standard InChI is InChI=1S/C25H21N3O4/c1-31-20-11-8-17(9-12-20)14-21-25(30)28(24(27-21)19-6-4-3-5-7-19)26-16-18-10-13-22(29)23(15-18)32-2/h3-16,29H,1-2H3. The van der Waals surface area contributed by atoms with Gasteiger partial charge in [-0.05, 0) is 47.5 Å². The minimum Gasteiger partial charge on any atom is -0.504 e. The molecule has 3 aromatic rings. The lowest BCUT2D eigenvalue weighted by molar-refractivity contribution is -0.122. The van der Waals surface area contributed by atoms with E-state index in [1.54, 1.807) is 25.3 Å². The van der Waals surface area contributed by atoms with Crippen LogP contribution in [0.25, 0.3) is 6.08 Å². The molecule has 7 heteroatoms. The fourth-order valence-corrected chi connectivity index (χ4v) is 3.15. The first-order valence-corrected chi connectivity index (χ1v) is 9.84. The second-order valence-corrected chi connectivity index (χ2v) is 6.90. The maximum Gasteiger partial charge on any atom is 0.298 e. The van der Waals surface area contributed by atoms with Gasteiger partial charge >= 0.3 is 0 Å². The van der Waals surface area contributed by atoms with Gasteiger partial charge in [-0.1, -0.05) is 42.5 Å². The summed E-state index contributed by atoms with van der Waals surface area (Å²) in [4.78, 5) is 17.7. The highest BCUT2D eigenvalue weighted by molar-refractivity contribution is 6.19. The molecule has 32 heavy (non-hydrogen) atoms. The van der Waals surface area contributed by atoms with Crippen molar-refractivity contribution in [2.75, 3.05) is 14.2 Å². The van der Waals surface area contributed by atoms with Crippen molar-refractivity contribution in [3.05, 3.63) is 95.2 Å². The average Bonchev–Trinajstić information content (AvgIpc) is 3.14. The van der Waals surface area contributed by atoms with E-state index in [0.29, 0.717) is 17.1 Å². The van der Waals surface area contributed by atoms with Crippen LogP contribution in [0.15, 0.2) is 88.6 Å². The largest absolute Gasteiger partial charge is 0.504 e. The molecule has 160 valence electrons. The Labute approximate surface area is 185 Å². The number of hydrogen-bond donors (Lipinski definition) is 1. The van der Waals surface area contributed by atoms with E-state index in [1.165, 1.54) is 24.4 Å². The van der Waals surface area contributed by atoms with Crippen LogP contribution in [0.5, 0.6) is 17.2 Å². The summed E-state index contributed by atoms with van der Waals surface area (Å²) in [6, 6.07) is 21.5. The number of carbonyl (C=O) groups excluding carboxylic acids is 1. The minimum atomic E-state index is -0.346. The van der Waals surface area contributed by atoms with Crippen LogP contribution in [-0.4, -0.2) is 42.3 Å². The summed E-state index contributed by atoms with van der Waals surface area (Å²) < 4.78 is 10.3. The van der Waals surface area contributed by atoms with Crippen LogP contribution >= 0.6 is 0 Å². The normalized spacial score (nSPS) is 14.8. The fourth-order valence-electron chi connectivity index (χ4n) is 3.15. The van der Waals surface area contributed by atoms with Gasteiger partial charge in [0.1, 0.15) is 11.4 Å². The number of carbonyl (C=O) groups is 1. The molecule has 4 rings (SSSR count). The number of phenolic OH excluding ortho intramolecular Hbond substituents is 1. The van der Waals surface area contributed by atoms with E-state index in [-0.39, 0.29) is 17.4 Å². The van der Waals surface area contributed by atoms with Gasteiger partial charge in [-0.3, -0.25) is 4.79 Å². The van der Waals surface area contributed by atoms with E-state index in [0.717, 1.165) is 16.9 Å². The maximum absolute atomic E-state index is 13.2. The number of hydrazone groups is 1. The molecule has 0 saturated heterocycles. The van der Waals surface area contributed by atoms with Gasteiger partial charge in [-0.2, -0.15) is 10.1 Å². The fraction of sp³-hybridized carbons (Fsp3) is 0.0800. The van der Waals surface area contributed by atoms with Crippen molar-refractivity contribution in [1.29, 1.82) is 0 Å². The number of amides is 1. The summed E-state index contributed by atoms with van der Waals surface area (Å²) >= 11 is 0. The van der Waals surface area contributed by atoms with Crippen molar-refractivity contribution in [2.45, 2.75) is 0 Å². The third-order valence-electron chi connectivity index (χ3n) is 4.82. The maximum atomic E-state index is 13.2. The first-order chi connectivity index (χ1) is 15.6. The van der Waals surface area contributed by atoms with Gasteiger partial charge in [0, 0.05) is 5.56 Å². The van der Waals surface area contributed by atoms with Crippen molar-refractivity contribution < 1.29 is 19.4 Å². The lowest BCUT2D eigenvalue weighted by Crippen LogP contribution is -2.27. The molecule has 0 aliphatic carbocycles. The molecule has 0 radical (unpaired) electrons. The molecule has 1 aliphatic heterocycles. The topological polar surface area (TPSA) is 83.7 Å². The molecule has 1 aliphatic rings. The Hall–Kier alpha value is -4.39. The van der Waals surface area contributed by atoms with Crippen molar-refractivity contribution >= 4 is 24.0 Å². The van der Waals surface area contributed by atoms with Crippen LogP contribution in [0, 0.1) is 0 Å². The monoisotopic (exact) mass is 427 g/mol. The van der Waals surface area contributed by atoms with Crippen molar-refractivity contribution in [2.24, 2.45) is 10.1 Å². The Morgan fingerprint density at radius 2 is 1.66 bits per heavy atom. The van der Waals surface area contributed by atoms with Gasteiger partial charge in [0.25, 0.3) is 5.91 Å². The molecule has 0 unspecified atom stereocenters. The summed E-state index contributed by atoms with van der Waals surface area (Å²) in [7, 11) is 3.07. The number of amidine groups is 1. The zero-order chi connectivity index (χ0) is 22.5. The Morgan fingerprint density at radius 1 is 0.938 bits per heavy atom. The number of phenols is 1. The number of nitrogens with zero attached hydrogens (tertiary/aromatic N) is 3. The molecule has 0 spiro atoms. The third-order valence-corrected chi connectivity index (χ3v) is 4.82. The quantitative estimate of drug-likeness (QED) is 0.475. The number of rotatable bonds is 6. The van der Waals surface area contributed by atoms with Gasteiger partial charge in [-0.25, -0.2) is 4.99 Å². The number of aliphatic imine (C=N–C) groups is 1. The molecule has 1 heterocycles. The number of aromatic hydroxyl groups is 1. The second kappa shape index (κ2) is 9.18. The first kappa shape index (κ1) is 20.9. The Kier molecular flexibility index (Phi) is 5.98. The van der Waals surface area contributed by atoms with Crippen LogP contribution in [0.2, 0.25) is 0 Å². The first-order valence-electron chi connectivity index (χ1n) is 9.84. The van der Waals surface area contributed by atoms with Gasteiger partial charge < -0.3 is 14.6 Å². The number of methoxy groups -OCH3 is 2. The van der Waals surface area contributed by atoms with Gasteiger partial charge in [0.05, 0.1) is 20.4 Å². The lowest BCUT2D eigenvalue weighted by atomic mass is 10.2. The summed E-state index contributed by atoms with van der Waals surface area (Å²) in [6.45, 7) is 0. The Morgan fingerprint density at radius 3 is 2.34 bits per heavy atom. The molecule has 0 atom stereocenters. The zero-order valence-electron chi connectivity index (χ0n) is 17.6. The molecule has 3 aromatic carbocycles. The van der Waals surface area contributed by atoms with E-state index in [2.05, 4.69) is 10.1 Å². The van der Waals surface area contributed by atoms with Crippen LogP contribution in [0.4, 0.5) is 0 Å². The smallest absolute Gasteiger partial charge is 0.298 e. The van der Waals surface area contributed by atoms with E-state index in [4.69, 9.17) is 9.47 Å². The summed E-state index contributed by atoms with van der Waals surface area (Å²) in [5.41, 5.74) is 2.51. The van der Waals surface area contributed by atoms with Crippen LogP contribution < -0.4 is 9.47 Å². The van der Waals surface area contributed by atoms with Gasteiger partial charge in [0.15, 0.2) is 17.3 Å². The van der Waals surface area contributed by atoms with Gasteiger partial charge in [-0.15, -0.1) is 0 Å². The molecule has 0 aromatic heterocycles. The molecular weight excluding hydrogens is 406 g/mol. The highest BCUT2D eigenvalue weighted by atomic mass is 16.5. The summed E-state index contributed by atoms with van der Waals surface area (Å²) in [5, 5.41) is 15.4. The van der Waals surface area contributed by atoms with E-state index in [9.17, 15) is 9.90 Å². The van der Waals surface area contributed by atoms with E-state index >= 15 is 0 Å². The Bertz CT molecular complexity index is 1220. The minimum absolute atomic E-state index is 0.0261. The Balaban J connectivity index is 1.69. The second-order valence-electron chi connectivity index (χ2n) is 6.90. The average molecular weight is 427 g/mol. The predicted octanol–water partition coefficient (Wildman–Crippen LogP) is 4.07. The van der Waals surface area contributed by atoms with Crippen molar-refractivity contribution in [3.63, 3.8) is 0 Å². The van der Waals surface area contributed by atoms with Crippen molar-refractivity contribution in [1.82, 2.24) is 5.01 Å². The number of benzene rings is 3. The lowest BCUT2D eigenvalue weighted by Gasteiger charge is -2.12. The molecule has 0 fully saturated rings. The summed E-state index contributed by atoms with van der Waals surface area (Å²) in [6.07, 6.45) is 3.23. The zero-order valence-corrected chi connectivity index (χ0v) is 17.6. The molecule has 0 saturated carbocycles. The van der Waals surface area contributed by atoms with Crippen LogP contribution in [0.1, 0.15) is 16.7 Å². The molecule has 7 nitrogen and oxygen atoms in total. The molecule has 1 N–H and O–H groups in total. The van der Waals surface area contributed by atoms with Gasteiger partial charge in [0.2, 0.25) is 0 Å². The molecule has 1 amide bonds. The van der Waals surface area contributed by atoms with Crippen molar-refractivity contribution in [3.8, 4) is 17.2 Å². The SMILES string of the molecule is COc1ccc(C=C2N=C(c3ccccc3)N(N=Cc3ccc(O)c(OC)c3)C2=O)cc1.